The molecule has 1 fully saturated rings. The highest BCUT2D eigenvalue weighted by molar-refractivity contribution is 5.89. The zero-order valence-corrected chi connectivity index (χ0v) is 11.7. The number of hydrogen-bond acceptors (Lipinski definition) is 5. The van der Waals surface area contributed by atoms with E-state index < -0.39 is 6.16 Å². The second kappa shape index (κ2) is 5.65. The topological polar surface area (TPSA) is 89.0 Å². The van der Waals surface area contributed by atoms with E-state index in [9.17, 15) is 0 Å². The van der Waals surface area contributed by atoms with Gasteiger partial charge in [-0.3, -0.25) is 0 Å². The molecule has 114 valence electrons. The number of aromatic amines is 1. The number of likely N-dealkylation sites (tertiary alicyclic amines) is 1. The van der Waals surface area contributed by atoms with E-state index in [1.165, 1.54) is 12.8 Å². The molecule has 6 nitrogen and oxygen atoms in total. The van der Waals surface area contributed by atoms with Crippen LogP contribution in [0, 0.1) is 0 Å². The monoisotopic (exact) mass is 292 g/mol. The molecule has 2 heterocycles. The molecule has 0 saturated carbocycles. The van der Waals surface area contributed by atoms with Gasteiger partial charge in [0, 0.05) is 23.6 Å². The molecule has 0 unspecified atom stereocenters. The van der Waals surface area contributed by atoms with Gasteiger partial charge in [0.15, 0.2) is 0 Å². The fraction of sp³-hybridized carbons (Fsp3) is 0.467. The summed E-state index contributed by atoms with van der Waals surface area (Å²) in [4.78, 5) is 5.56. The summed E-state index contributed by atoms with van der Waals surface area (Å²) in [5, 5.41) is 27.9. The Labute approximate surface area is 122 Å². The van der Waals surface area contributed by atoms with E-state index in [1.807, 2.05) is 12.3 Å². The van der Waals surface area contributed by atoms with Crippen LogP contribution in [0.4, 0.5) is 0 Å². The van der Waals surface area contributed by atoms with E-state index >= 15 is 0 Å². The van der Waals surface area contributed by atoms with Gasteiger partial charge in [-0.2, -0.15) is 0 Å². The maximum Gasteiger partial charge on any atom is 0.453 e. The molecule has 3 rings (SSSR count). The smallest absolute Gasteiger partial charge is 0.416 e. The van der Waals surface area contributed by atoms with Gasteiger partial charge in [0.1, 0.15) is 5.75 Å². The van der Waals surface area contributed by atoms with E-state index in [4.69, 9.17) is 20.1 Å². The predicted molar refractivity (Wildman–Crippen MR) is 77.7 cm³/mol. The lowest BCUT2D eigenvalue weighted by Gasteiger charge is -2.17. The normalized spacial score (nSPS) is 16.7. The Morgan fingerprint density at radius 2 is 1.95 bits per heavy atom. The molecule has 1 aliphatic heterocycles. The second-order valence-corrected chi connectivity index (χ2v) is 5.47. The van der Waals surface area contributed by atoms with E-state index in [0.717, 1.165) is 42.5 Å². The molecular formula is C15H20N2O4. The van der Waals surface area contributed by atoms with Crippen LogP contribution in [-0.4, -0.2) is 51.0 Å². The van der Waals surface area contributed by atoms with Gasteiger partial charge in [-0.1, -0.05) is 6.07 Å². The van der Waals surface area contributed by atoms with Gasteiger partial charge in [0.05, 0.1) is 0 Å². The van der Waals surface area contributed by atoms with Crippen molar-refractivity contribution >= 4 is 10.9 Å². The third-order valence-corrected chi connectivity index (χ3v) is 3.89. The van der Waals surface area contributed by atoms with E-state index in [0.29, 0.717) is 0 Å². The van der Waals surface area contributed by atoms with Crippen molar-refractivity contribution in [3.8, 4) is 5.75 Å². The summed E-state index contributed by atoms with van der Waals surface area (Å²) < 4.78 is 4.82. The number of benzene rings is 1. The van der Waals surface area contributed by atoms with Crippen molar-refractivity contribution in [2.45, 2.75) is 25.4 Å². The zero-order valence-electron chi connectivity index (χ0n) is 11.7. The van der Waals surface area contributed by atoms with Crippen LogP contribution < -0.4 is 4.74 Å². The number of rotatable bonds is 5. The van der Waals surface area contributed by atoms with Crippen LogP contribution in [0.3, 0.4) is 0 Å². The number of H-pyrrole nitrogens is 1. The van der Waals surface area contributed by atoms with Crippen LogP contribution in [-0.2, 0) is 6.42 Å². The largest absolute Gasteiger partial charge is 0.453 e. The Morgan fingerprint density at radius 1 is 1.19 bits per heavy atom. The molecular weight excluding hydrogens is 272 g/mol. The summed E-state index contributed by atoms with van der Waals surface area (Å²) in [6.07, 6.45) is 2.09. The number of ether oxygens (including phenoxy) is 1. The molecule has 0 amide bonds. The highest BCUT2D eigenvalue weighted by Crippen LogP contribution is 2.30. The quantitative estimate of drug-likeness (QED) is 0.611. The summed E-state index contributed by atoms with van der Waals surface area (Å²) in [5.74, 6) is 0.248. The molecule has 1 aliphatic rings. The van der Waals surface area contributed by atoms with Crippen molar-refractivity contribution in [1.82, 2.24) is 9.88 Å². The second-order valence-electron chi connectivity index (χ2n) is 5.47. The molecule has 6 heteroatoms. The first-order chi connectivity index (χ1) is 10.0. The molecule has 1 aromatic heterocycles. The minimum atomic E-state index is -3.17. The lowest BCUT2D eigenvalue weighted by atomic mass is 10.1. The van der Waals surface area contributed by atoms with Gasteiger partial charge in [-0.25, -0.2) is 0 Å². The van der Waals surface area contributed by atoms with Crippen LogP contribution >= 0.6 is 0 Å². The molecule has 0 aliphatic carbocycles. The Balaban J connectivity index is 1.84. The third-order valence-electron chi connectivity index (χ3n) is 3.89. The Kier molecular flexibility index (Phi) is 3.86. The average molecular weight is 292 g/mol. The number of hydrogen-bond donors (Lipinski definition) is 4. The van der Waals surface area contributed by atoms with Crippen molar-refractivity contribution in [2.24, 2.45) is 0 Å². The summed E-state index contributed by atoms with van der Waals surface area (Å²) in [5.41, 5.74) is 1.88. The van der Waals surface area contributed by atoms with Crippen molar-refractivity contribution in [2.75, 3.05) is 19.6 Å². The Hall–Kier alpha value is -1.60. The predicted octanol–water partition coefficient (Wildman–Crippen LogP) is 0.773. The molecule has 2 aromatic rings. The fourth-order valence-electron chi connectivity index (χ4n) is 2.93. The van der Waals surface area contributed by atoms with Crippen LogP contribution in [0.25, 0.3) is 10.9 Å². The minimum absolute atomic E-state index is 0.248. The lowest BCUT2D eigenvalue weighted by molar-refractivity contribution is -0.419. The Morgan fingerprint density at radius 3 is 2.67 bits per heavy atom. The van der Waals surface area contributed by atoms with Crippen LogP contribution in [0.5, 0.6) is 5.75 Å². The minimum Gasteiger partial charge on any atom is -0.416 e. The zero-order chi connectivity index (χ0) is 14.9. The summed E-state index contributed by atoms with van der Waals surface area (Å²) in [7, 11) is 0. The maximum absolute atomic E-state index is 9.03. The van der Waals surface area contributed by atoms with Gasteiger partial charge < -0.3 is 29.9 Å². The Bertz CT molecular complexity index is 612. The van der Waals surface area contributed by atoms with E-state index in [2.05, 4.69) is 9.88 Å². The first-order valence-corrected chi connectivity index (χ1v) is 7.20. The first-order valence-electron chi connectivity index (χ1n) is 7.20. The number of nitrogens with zero attached hydrogens (tertiary/aromatic N) is 1. The van der Waals surface area contributed by atoms with Crippen LogP contribution in [0.15, 0.2) is 24.4 Å². The molecule has 0 spiro atoms. The SMILES string of the molecule is OC(O)(O)Oc1cccc2[nH]cc(CCN3CCCC3)c12. The molecule has 0 bridgehead atoms. The van der Waals surface area contributed by atoms with Gasteiger partial charge in [0.2, 0.25) is 0 Å². The number of aliphatic hydroxyl groups is 3. The number of aromatic nitrogens is 1. The van der Waals surface area contributed by atoms with Gasteiger partial charge >= 0.3 is 6.16 Å². The highest BCUT2D eigenvalue weighted by Gasteiger charge is 2.23. The van der Waals surface area contributed by atoms with Crippen LogP contribution in [0.1, 0.15) is 18.4 Å². The van der Waals surface area contributed by atoms with Gasteiger partial charge in [-0.15, -0.1) is 0 Å². The standard InChI is InChI=1S/C15H20N2O4/c18-15(19,20)21-13-5-3-4-12-14(13)11(10-16-12)6-9-17-7-1-2-8-17/h3-5,10,16,18-20H,1-2,6-9H2. The molecule has 0 radical (unpaired) electrons. The molecule has 1 aromatic carbocycles. The molecule has 0 atom stereocenters. The maximum atomic E-state index is 9.03. The first kappa shape index (κ1) is 14.3. The highest BCUT2D eigenvalue weighted by atomic mass is 16.9. The van der Waals surface area contributed by atoms with Gasteiger partial charge in [0.25, 0.3) is 0 Å². The van der Waals surface area contributed by atoms with Crippen molar-refractivity contribution < 1.29 is 20.1 Å². The van der Waals surface area contributed by atoms with Crippen molar-refractivity contribution in [3.05, 3.63) is 30.0 Å². The third kappa shape index (κ3) is 3.36. The molecule has 4 N–H and O–H groups in total. The summed E-state index contributed by atoms with van der Waals surface area (Å²) >= 11 is 0. The number of nitrogens with one attached hydrogen (secondary N) is 1. The summed E-state index contributed by atoms with van der Waals surface area (Å²) in [6.45, 7) is 3.24. The summed E-state index contributed by atoms with van der Waals surface area (Å²) in [6, 6.07) is 5.21. The van der Waals surface area contributed by atoms with Crippen LogP contribution in [0.2, 0.25) is 0 Å². The average Bonchev–Trinajstić information content (AvgIpc) is 3.04. The fourth-order valence-corrected chi connectivity index (χ4v) is 2.93. The molecule has 1 saturated heterocycles. The van der Waals surface area contributed by atoms with Gasteiger partial charge in [-0.05, 0) is 50.0 Å². The van der Waals surface area contributed by atoms with E-state index in [1.54, 1.807) is 12.1 Å². The number of fused-ring (bicyclic) bond motifs is 1. The van der Waals surface area contributed by atoms with Crippen molar-refractivity contribution in [1.29, 1.82) is 0 Å². The van der Waals surface area contributed by atoms with Crippen molar-refractivity contribution in [3.63, 3.8) is 0 Å². The molecule has 21 heavy (non-hydrogen) atoms. The lowest BCUT2D eigenvalue weighted by Crippen LogP contribution is -2.34. The van der Waals surface area contributed by atoms with E-state index in [-0.39, 0.29) is 5.75 Å².